The number of carbonyl (C=O) groups is 1. The maximum Gasteiger partial charge on any atom is 0.573 e. The molecule has 0 spiro atoms. The summed E-state index contributed by atoms with van der Waals surface area (Å²) in [6.45, 7) is 1.55. The molecule has 0 bridgehead atoms. The molecule has 4 nitrogen and oxygen atoms in total. The van der Waals surface area contributed by atoms with Gasteiger partial charge in [-0.3, -0.25) is 4.79 Å². The molecule has 1 aromatic rings. The largest absolute Gasteiger partial charge is 0.573 e. The normalized spacial score (nSPS) is 10.8. The summed E-state index contributed by atoms with van der Waals surface area (Å²) < 4.78 is 58.5. The molecule has 0 saturated heterocycles. The highest BCUT2D eigenvalue weighted by Crippen LogP contribution is 2.31. The number of nitriles is 1. The standard InChI is InChI=1S/C12H9F4NO3/c1-2-19-9(18)5-7-3-4-8(6-17)10(13)11(7)20-12(14,15)16/h3-4H,2,5H2,1H3. The molecule has 20 heavy (non-hydrogen) atoms. The third kappa shape index (κ3) is 4.12. The van der Waals surface area contributed by atoms with Crippen molar-refractivity contribution >= 4 is 5.97 Å². The fraction of sp³-hybridized carbons (Fsp3) is 0.333. The highest BCUT2D eigenvalue weighted by molar-refractivity contribution is 5.73. The summed E-state index contributed by atoms with van der Waals surface area (Å²) in [5, 5.41) is 8.58. The lowest BCUT2D eigenvalue weighted by Gasteiger charge is -2.14. The van der Waals surface area contributed by atoms with E-state index >= 15 is 0 Å². The third-order valence-electron chi connectivity index (χ3n) is 2.16. The minimum Gasteiger partial charge on any atom is -0.466 e. The molecule has 0 aliphatic carbocycles. The first kappa shape index (κ1) is 15.8. The van der Waals surface area contributed by atoms with Gasteiger partial charge in [-0.15, -0.1) is 13.2 Å². The highest BCUT2D eigenvalue weighted by atomic mass is 19.4. The van der Waals surface area contributed by atoms with E-state index in [2.05, 4.69) is 9.47 Å². The van der Waals surface area contributed by atoms with Crippen LogP contribution < -0.4 is 4.74 Å². The molecule has 0 aromatic heterocycles. The fourth-order valence-electron chi connectivity index (χ4n) is 1.42. The molecule has 0 heterocycles. The molecule has 108 valence electrons. The summed E-state index contributed by atoms with van der Waals surface area (Å²) in [6, 6.07) is 3.37. The number of benzene rings is 1. The molecule has 0 fully saturated rings. The Hall–Kier alpha value is -2.30. The van der Waals surface area contributed by atoms with E-state index in [-0.39, 0.29) is 12.2 Å². The molecule has 1 aromatic carbocycles. The van der Waals surface area contributed by atoms with Gasteiger partial charge in [0.15, 0.2) is 11.6 Å². The second kappa shape index (κ2) is 6.23. The predicted molar refractivity (Wildman–Crippen MR) is 58.1 cm³/mol. The molecule has 0 aliphatic heterocycles. The zero-order chi connectivity index (χ0) is 15.3. The molecule has 0 N–H and O–H groups in total. The van der Waals surface area contributed by atoms with Crippen molar-refractivity contribution in [1.29, 1.82) is 5.26 Å². The number of alkyl halides is 3. The van der Waals surface area contributed by atoms with Crippen LogP contribution >= 0.6 is 0 Å². The van der Waals surface area contributed by atoms with Crippen LogP contribution in [0.1, 0.15) is 18.1 Å². The topological polar surface area (TPSA) is 59.3 Å². The van der Waals surface area contributed by atoms with Crippen LogP contribution in [0, 0.1) is 17.1 Å². The van der Waals surface area contributed by atoms with Crippen molar-refractivity contribution in [3.05, 3.63) is 29.1 Å². The van der Waals surface area contributed by atoms with Gasteiger partial charge in [0, 0.05) is 5.56 Å². The van der Waals surface area contributed by atoms with Gasteiger partial charge in [0.2, 0.25) is 0 Å². The van der Waals surface area contributed by atoms with Crippen LogP contribution in [0.25, 0.3) is 0 Å². The number of halogens is 4. The summed E-state index contributed by atoms with van der Waals surface area (Å²) >= 11 is 0. The Balaban J connectivity index is 3.20. The molecule has 0 aliphatic rings. The van der Waals surface area contributed by atoms with Crippen molar-refractivity contribution in [1.82, 2.24) is 0 Å². The molecular weight excluding hydrogens is 282 g/mol. The van der Waals surface area contributed by atoms with Crippen LogP contribution in [-0.2, 0) is 16.0 Å². The van der Waals surface area contributed by atoms with Crippen LogP contribution in [-0.4, -0.2) is 18.9 Å². The van der Waals surface area contributed by atoms with E-state index in [9.17, 15) is 22.4 Å². The number of hydrogen-bond acceptors (Lipinski definition) is 4. The van der Waals surface area contributed by atoms with Crippen LogP contribution in [0.5, 0.6) is 5.75 Å². The fourth-order valence-corrected chi connectivity index (χ4v) is 1.42. The molecule has 0 amide bonds. The van der Waals surface area contributed by atoms with E-state index in [0.29, 0.717) is 0 Å². The molecule has 8 heteroatoms. The van der Waals surface area contributed by atoms with Crippen molar-refractivity contribution in [3.8, 4) is 11.8 Å². The van der Waals surface area contributed by atoms with E-state index in [1.807, 2.05) is 0 Å². The van der Waals surface area contributed by atoms with Gasteiger partial charge in [0.1, 0.15) is 6.07 Å². The van der Waals surface area contributed by atoms with Crippen molar-refractivity contribution in [2.24, 2.45) is 0 Å². The van der Waals surface area contributed by atoms with Gasteiger partial charge < -0.3 is 9.47 Å². The van der Waals surface area contributed by atoms with E-state index < -0.39 is 35.9 Å². The lowest BCUT2D eigenvalue weighted by atomic mass is 10.1. The van der Waals surface area contributed by atoms with Gasteiger partial charge >= 0.3 is 12.3 Å². The number of hydrogen-bond donors (Lipinski definition) is 0. The van der Waals surface area contributed by atoms with Crippen LogP contribution in [0.3, 0.4) is 0 Å². The summed E-state index contributed by atoms with van der Waals surface area (Å²) in [5.74, 6) is -3.49. The van der Waals surface area contributed by atoms with Crippen molar-refractivity contribution < 1.29 is 31.8 Å². The molecule has 0 radical (unpaired) electrons. The van der Waals surface area contributed by atoms with Gasteiger partial charge in [-0.05, 0) is 13.0 Å². The first-order chi connectivity index (χ1) is 9.28. The van der Waals surface area contributed by atoms with E-state index in [1.165, 1.54) is 13.0 Å². The minimum atomic E-state index is -5.14. The first-order valence-electron chi connectivity index (χ1n) is 5.41. The van der Waals surface area contributed by atoms with Gasteiger partial charge in [-0.1, -0.05) is 6.07 Å². The van der Waals surface area contributed by atoms with Gasteiger partial charge in [-0.2, -0.15) is 5.26 Å². The van der Waals surface area contributed by atoms with Crippen LogP contribution in [0.4, 0.5) is 17.6 Å². The zero-order valence-electron chi connectivity index (χ0n) is 10.3. The number of nitrogens with zero attached hydrogens (tertiary/aromatic N) is 1. The summed E-state index contributed by atoms with van der Waals surface area (Å²) in [7, 11) is 0. The Bertz CT molecular complexity index is 549. The number of ether oxygens (including phenoxy) is 2. The lowest BCUT2D eigenvalue weighted by Crippen LogP contribution is -2.20. The van der Waals surface area contributed by atoms with E-state index in [0.717, 1.165) is 12.1 Å². The maximum atomic E-state index is 13.7. The Morgan fingerprint density at radius 2 is 2.05 bits per heavy atom. The number of esters is 1. The average molecular weight is 291 g/mol. The van der Waals surface area contributed by atoms with Crippen molar-refractivity contribution in [3.63, 3.8) is 0 Å². The monoisotopic (exact) mass is 291 g/mol. The van der Waals surface area contributed by atoms with E-state index in [4.69, 9.17) is 5.26 Å². The number of rotatable bonds is 4. The Morgan fingerprint density at radius 3 is 2.55 bits per heavy atom. The third-order valence-corrected chi connectivity index (χ3v) is 2.16. The van der Waals surface area contributed by atoms with E-state index in [1.54, 1.807) is 0 Å². The Kier molecular flexibility index (Phi) is 4.91. The summed E-state index contributed by atoms with van der Waals surface area (Å²) in [5.41, 5.74) is -0.964. The SMILES string of the molecule is CCOC(=O)Cc1ccc(C#N)c(F)c1OC(F)(F)F. The Labute approximate surface area is 111 Å². The van der Waals surface area contributed by atoms with Crippen LogP contribution in [0.2, 0.25) is 0 Å². The van der Waals surface area contributed by atoms with Crippen molar-refractivity contribution in [2.75, 3.05) is 6.61 Å². The molecule has 0 unspecified atom stereocenters. The molecule has 1 rings (SSSR count). The molecule has 0 saturated carbocycles. The quantitative estimate of drug-likeness (QED) is 0.632. The summed E-state index contributed by atoms with van der Waals surface area (Å²) in [6.07, 6.45) is -5.74. The molecular formula is C12H9F4NO3. The summed E-state index contributed by atoms with van der Waals surface area (Å²) in [4.78, 5) is 11.2. The first-order valence-corrected chi connectivity index (χ1v) is 5.41. The lowest BCUT2D eigenvalue weighted by molar-refractivity contribution is -0.275. The van der Waals surface area contributed by atoms with Crippen molar-refractivity contribution in [2.45, 2.75) is 19.7 Å². The molecule has 0 atom stereocenters. The smallest absolute Gasteiger partial charge is 0.466 e. The highest BCUT2D eigenvalue weighted by Gasteiger charge is 2.34. The second-order valence-corrected chi connectivity index (χ2v) is 3.56. The predicted octanol–water partition coefficient (Wildman–Crippen LogP) is 2.70. The second-order valence-electron chi connectivity index (χ2n) is 3.56. The van der Waals surface area contributed by atoms with Gasteiger partial charge in [-0.25, -0.2) is 4.39 Å². The van der Waals surface area contributed by atoms with Gasteiger partial charge in [0.25, 0.3) is 0 Å². The Morgan fingerprint density at radius 1 is 1.40 bits per heavy atom. The zero-order valence-corrected chi connectivity index (χ0v) is 10.3. The number of carbonyl (C=O) groups excluding carboxylic acids is 1. The maximum absolute atomic E-state index is 13.7. The van der Waals surface area contributed by atoms with Crippen LogP contribution in [0.15, 0.2) is 12.1 Å². The van der Waals surface area contributed by atoms with Gasteiger partial charge in [0.05, 0.1) is 18.6 Å². The average Bonchev–Trinajstić information content (AvgIpc) is 2.33. The minimum absolute atomic E-state index is 0.0348.